The van der Waals surface area contributed by atoms with Gasteiger partial charge in [-0.05, 0) is 45.7 Å². The quantitative estimate of drug-likeness (QED) is 0.811. The number of rotatable bonds is 3. The van der Waals surface area contributed by atoms with Gasteiger partial charge in [-0.25, -0.2) is 4.68 Å². The minimum Gasteiger partial charge on any atom is -0.351 e. The van der Waals surface area contributed by atoms with E-state index < -0.39 is 0 Å². The van der Waals surface area contributed by atoms with Crippen LogP contribution in [0.5, 0.6) is 0 Å². The first-order chi connectivity index (χ1) is 10.0. The molecule has 3 rings (SSSR count). The molecule has 110 valence electrons. The van der Waals surface area contributed by atoms with Crippen molar-refractivity contribution >= 4 is 12.1 Å². The van der Waals surface area contributed by atoms with Gasteiger partial charge in [-0.1, -0.05) is 18.2 Å². The first kappa shape index (κ1) is 13.9. The third-order valence-corrected chi connectivity index (χ3v) is 4.36. The summed E-state index contributed by atoms with van der Waals surface area (Å²) in [6, 6.07) is 10.0. The molecule has 0 unspecified atom stereocenters. The molecule has 4 heteroatoms. The number of carbonyl (C=O) groups is 1. The molecule has 0 spiro atoms. The van der Waals surface area contributed by atoms with E-state index in [1.807, 2.05) is 41.9 Å². The lowest BCUT2D eigenvalue weighted by molar-refractivity contribution is 0.112. The zero-order valence-electron chi connectivity index (χ0n) is 12.8. The highest BCUT2D eigenvalue weighted by atomic mass is 16.1. The third kappa shape index (κ3) is 2.24. The third-order valence-electron chi connectivity index (χ3n) is 4.36. The summed E-state index contributed by atoms with van der Waals surface area (Å²) >= 11 is 0. The van der Waals surface area contributed by atoms with Crippen molar-refractivity contribution in [3.63, 3.8) is 0 Å². The molecule has 2 heterocycles. The Kier molecular flexibility index (Phi) is 3.32. The van der Waals surface area contributed by atoms with Gasteiger partial charge in [0.05, 0.1) is 16.9 Å². The smallest absolute Gasteiger partial charge is 0.155 e. The average Bonchev–Trinajstić information content (AvgIpc) is 2.98. The lowest BCUT2D eigenvalue weighted by Gasteiger charge is -2.34. The maximum Gasteiger partial charge on any atom is 0.155 e. The summed E-state index contributed by atoms with van der Waals surface area (Å²) in [5.41, 5.74) is 2.53. The molecule has 0 bridgehead atoms. The average molecular weight is 283 g/mol. The van der Waals surface area contributed by atoms with Gasteiger partial charge in [0.25, 0.3) is 0 Å². The predicted octanol–water partition coefficient (Wildman–Crippen LogP) is 3.37. The van der Waals surface area contributed by atoms with Gasteiger partial charge in [-0.15, -0.1) is 0 Å². The number of nitrogens with zero attached hydrogens (tertiary/aromatic N) is 3. The maximum absolute atomic E-state index is 11.6. The number of aryl methyl sites for hydroxylation is 1. The fourth-order valence-corrected chi connectivity index (χ4v) is 3.17. The Bertz CT molecular complexity index is 658. The zero-order chi connectivity index (χ0) is 15.0. The summed E-state index contributed by atoms with van der Waals surface area (Å²) in [6.07, 6.45) is 3.21. The molecule has 0 radical (unpaired) electrons. The Hall–Kier alpha value is -2.10. The van der Waals surface area contributed by atoms with E-state index in [4.69, 9.17) is 0 Å². The first-order valence-corrected chi connectivity index (χ1v) is 7.42. The fourth-order valence-electron chi connectivity index (χ4n) is 3.17. The fraction of sp³-hybridized carbons (Fsp3) is 0.412. The standard InChI is InChI=1S/C17H21N3O/c1-13-15(12-21)16(19-11-7-10-17(19,2)3)20(18-13)14-8-5-4-6-9-14/h4-6,8-9,12H,7,10-11H2,1-3H3. The van der Waals surface area contributed by atoms with Crippen molar-refractivity contribution in [3.05, 3.63) is 41.6 Å². The van der Waals surface area contributed by atoms with Crippen LogP contribution in [-0.2, 0) is 0 Å². The van der Waals surface area contributed by atoms with Crippen LogP contribution >= 0.6 is 0 Å². The second-order valence-electron chi connectivity index (χ2n) is 6.26. The van der Waals surface area contributed by atoms with Crippen molar-refractivity contribution < 1.29 is 4.79 Å². The predicted molar refractivity (Wildman–Crippen MR) is 84.3 cm³/mol. The normalized spacial score (nSPS) is 17.2. The van der Waals surface area contributed by atoms with E-state index in [1.54, 1.807) is 0 Å². The van der Waals surface area contributed by atoms with Crippen molar-refractivity contribution in [2.24, 2.45) is 0 Å². The van der Waals surface area contributed by atoms with Gasteiger partial charge in [-0.2, -0.15) is 5.10 Å². The van der Waals surface area contributed by atoms with Crippen LogP contribution in [0.15, 0.2) is 30.3 Å². The van der Waals surface area contributed by atoms with Gasteiger partial charge < -0.3 is 4.90 Å². The molecule has 0 amide bonds. The molecule has 1 aliphatic heterocycles. The first-order valence-electron chi connectivity index (χ1n) is 7.42. The topological polar surface area (TPSA) is 38.1 Å². The lowest BCUT2D eigenvalue weighted by Crippen LogP contribution is -2.40. The summed E-state index contributed by atoms with van der Waals surface area (Å²) in [5.74, 6) is 0.927. The van der Waals surface area contributed by atoms with Crippen molar-refractivity contribution in [2.45, 2.75) is 39.2 Å². The molecule has 4 nitrogen and oxygen atoms in total. The molecular weight excluding hydrogens is 262 g/mol. The van der Waals surface area contributed by atoms with Crippen molar-refractivity contribution in [1.29, 1.82) is 0 Å². The second-order valence-corrected chi connectivity index (χ2v) is 6.26. The van der Waals surface area contributed by atoms with Crippen molar-refractivity contribution in [1.82, 2.24) is 9.78 Å². The van der Waals surface area contributed by atoms with E-state index >= 15 is 0 Å². The van der Waals surface area contributed by atoms with Crippen LogP contribution in [0.3, 0.4) is 0 Å². The molecule has 0 aliphatic carbocycles. The molecular formula is C17H21N3O. The molecule has 1 aromatic carbocycles. The minimum atomic E-state index is 0.0523. The Morgan fingerprint density at radius 2 is 1.95 bits per heavy atom. The van der Waals surface area contributed by atoms with Crippen LogP contribution in [0, 0.1) is 6.92 Å². The molecule has 0 saturated carbocycles. The van der Waals surface area contributed by atoms with Crippen LogP contribution in [-0.4, -0.2) is 28.2 Å². The van der Waals surface area contributed by atoms with Gasteiger partial charge in [0.15, 0.2) is 6.29 Å². The van der Waals surface area contributed by atoms with E-state index in [9.17, 15) is 4.79 Å². The number of hydrogen-bond acceptors (Lipinski definition) is 3. The van der Waals surface area contributed by atoms with E-state index in [-0.39, 0.29) is 5.54 Å². The largest absolute Gasteiger partial charge is 0.351 e. The minimum absolute atomic E-state index is 0.0523. The summed E-state index contributed by atoms with van der Waals surface area (Å²) in [5, 5.41) is 4.61. The van der Waals surface area contributed by atoms with E-state index in [0.717, 1.165) is 42.9 Å². The molecule has 2 aromatic rings. The van der Waals surface area contributed by atoms with Gasteiger partial charge in [0.2, 0.25) is 0 Å². The van der Waals surface area contributed by atoms with Crippen LogP contribution in [0.4, 0.5) is 5.82 Å². The molecule has 1 fully saturated rings. The van der Waals surface area contributed by atoms with Crippen molar-refractivity contribution in [3.8, 4) is 5.69 Å². The number of hydrogen-bond donors (Lipinski definition) is 0. The van der Waals surface area contributed by atoms with E-state index in [0.29, 0.717) is 5.56 Å². The van der Waals surface area contributed by atoms with Crippen molar-refractivity contribution in [2.75, 3.05) is 11.4 Å². The zero-order valence-corrected chi connectivity index (χ0v) is 12.8. The Labute approximate surface area is 125 Å². The summed E-state index contributed by atoms with van der Waals surface area (Å²) < 4.78 is 1.91. The van der Waals surface area contributed by atoms with Crippen LogP contribution in [0.1, 0.15) is 42.7 Å². The van der Waals surface area contributed by atoms with Gasteiger partial charge in [0.1, 0.15) is 5.82 Å². The Morgan fingerprint density at radius 3 is 2.52 bits per heavy atom. The molecule has 0 N–H and O–H groups in total. The highest BCUT2D eigenvalue weighted by Crippen LogP contribution is 2.37. The maximum atomic E-state index is 11.6. The molecule has 1 aliphatic rings. The summed E-state index contributed by atoms with van der Waals surface area (Å²) in [6.45, 7) is 7.32. The second kappa shape index (κ2) is 5.02. The number of benzene rings is 1. The lowest BCUT2D eigenvalue weighted by atomic mass is 10.0. The monoisotopic (exact) mass is 283 g/mol. The highest BCUT2D eigenvalue weighted by molar-refractivity contribution is 5.86. The highest BCUT2D eigenvalue weighted by Gasteiger charge is 2.36. The molecule has 1 aromatic heterocycles. The van der Waals surface area contributed by atoms with Crippen LogP contribution < -0.4 is 4.90 Å². The number of para-hydroxylation sites is 1. The van der Waals surface area contributed by atoms with E-state index in [1.165, 1.54) is 0 Å². The Morgan fingerprint density at radius 1 is 1.24 bits per heavy atom. The van der Waals surface area contributed by atoms with Crippen LogP contribution in [0.25, 0.3) is 5.69 Å². The van der Waals surface area contributed by atoms with Gasteiger partial charge in [0, 0.05) is 12.1 Å². The Balaban J connectivity index is 2.20. The summed E-state index contributed by atoms with van der Waals surface area (Å²) in [4.78, 5) is 13.9. The van der Waals surface area contributed by atoms with Gasteiger partial charge >= 0.3 is 0 Å². The van der Waals surface area contributed by atoms with Gasteiger partial charge in [-0.3, -0.25) is 4.79 Å². The van der Waals surface area contributed by atoms with Crippen LogP contribution in [0.2, 0.25) is 0 Å². The number of aromatic nitrogens is 2. The molecule has 1 saturated heterocycles. The SMILES string of the molecule is Cc1nn(-c2ccccc2)c(N2CCCC2(C)C)c1C=O. The van der Waals surface area contributed by atoms with E-state index in [2.05, 4.69) is 23.8 Å². The number of carbonyl (C=O) groups excluding carboxylic acids is 1. The molecule has 21 heavy (non-hydrogen) atoms. The number of anilines is 1. The molecule has 0 atom stereocenters. The number of aldehydes is 1. The summed E-state index contributed by atoms with van der Waals surface area (Å²) in [7, 11) is 0.